The number of methoxy groups -OCH3 is 1. The van der Waals surface area contributed by atoms with Gasteiger partial charge in [0, 0.05) is 6.42 Å². The second kappa shape index (κ2) is 5.31. The van der Waals surface area contributed by atoms with Crippen molar-refractivity contribution >= 4 is 11.8 Å². The van der Waals surface area contributed by atoms with E-state index >= 15 is 0 Å². The molecule has 5 heteroatoms. The largest absolute Gasteiger partial charge is 0.509 e. The van der Waals surface area contributed by atoms with Crippen LogP contribution in [0, 0.1) is 0 Å². The first kappa shape index (κ1) is 11.6. The lowest BCUT2D eigenvalue weighted by Crippen LogP contribution is -2.12. The van der Waals surface area contributed by atoms with Gasteiger partial charge in [-0.15, -0.1) is 0 Å². The van der Waals surface area contributed by atoms with Crippen LogP contribution in [-0.2, 0) is 14.3 Å². The van der Waals surface area contributed by atoms with Crippen LogP contribution in [0.15, 0.2) is 11.3 Å². The molecule has 0 fully saturated rings. The van der Waals surface area contributed by atoms with Crippen LogP contribution in [0.4, 0.5) is 0 Å². The fourth-order valence-corrected chi connectivity index (χ4v) is 0.760. The van der Waals surface area contributed by atoms with E-state index in [1.807, 2.05) is 0 Å². The molecule has 0 saturated carbocycles. The Kier molecular flexibility index (Phi) is 4.76. The molecule has 0 aliphatic carbocycles. The monoisotopic (exact) mass is 188 g/mol. The molecule has 0 radical (unpaired) electrons. The summed E-state index contributed by atoms with van der Waals surface area (Å²) in [5.74, 6) is -1.62. The molecule has 0 amide bonds. The molecule has 0 aromatic carbocycles. The molecule has 0 heterocycles. The van der Waals surface area contributed by atoms with Crippen LogP contribution in [0.5, 0.6) is 0 Å². The Balaban J connectivity index is 4.75. The van der Waals surface area contributed by atoms with E-state index in [0.717, 1.165) is 7.11 Å². The van der Waals surface area contributed by atoms with Crippen molar-refractivity contribution in [2.24, 2.45) is 0 Å². The smallest absolute Gasteiger partial charge is 0.337 e. The second-order valence-corrected chi connectivity index (χ2v) is 2.45. The highest BCUT2D eigenvalue weighted by Crippen LogP contribution is 2.09. The summed E-state index contributed by atoms with van der Waals surface area (Å²) in [6.45, 7) is 0.589. The number of ether oxygens (including phenoxy) is 1. The number of aliphatic hydroxyl groups excluding tert-OH is 2. The van der Waals surface area contributed by atoms with Crippen LogP contribution >= 0.6 is 0 Å². The highest BCUT2D eigenvalue weighted by atomic mass is 16.5. The minimum Gasteiger partial charge on any atom is -0.509 e. The third-order valence-electron chi connectivity index (χ3n) is 1.36. The standard InChI is InChI=1S/C8H12O5/c1-5(10)3-6(7(11)4-9)8(12)13-2/h9,11H,3-4H2,1-2H3/b7-6+. The molecule has 13 heavy (non-hydrogen) atoms. The van der Waals surface area contributed by atoms with Crippen molar-refractivity contribution in [2.45, 2.75) is 13.3 Å². The van der Waals surface area contributed by atoms with Gasteiger partial charge in [-0.1, -0.05) is 0 Å². The topological polar surface area (TPSA) is 83.8 Å². The van der Waals surface area contributed by atoms with Crippen molar-refractivity contribution in [3.05, 3.63) is 11.3 Å². The molecular formula is C8H12O5. The first-order chi connectivity index (χ1) is 6.02. The maximum Gasteiger partial charge on any atom is 0.337 e. The van der Waals surface area contributed by atoms with Gasteiger partial charge >= 0.3 is 5.97 Å². The highest BCUT2D eigenvalue weighted by Gasteiger charge is 2.16. The first-order valence-corrected chi connectivity index (χ1v) is 3.62. The molecule has 0 aromatic rings. The summed E-state index contributed by atoms with van der Waals surface area (Å²) in [6.07, 6.45) is -0.237. The second-order valence-electron chi connectivity index (χ2n) is 2.45. The van der Waals surface area contributed by atoms with Crippen LogP contribution in [-0.4, -0.2) is 35.7 Å². The van der Waals surface area contributed by atoms with Gasteiger partial charge in [0.05, 0.1) is 12.7 Å². The van der Waals surface area contributed by atoms with Crippen molar-refractivity contribution in [3.63, 3.8) is 0 Å². The normalized spacial score (nSPS) is 11.9. The number of carbonyl (C=O) groups is 2. The number of carbonyl (C=O) groups excluding carboxylic acids is 2. The molecule has 0 unspecified atom stereocenters. The van der Waals surface area contributed by atoms with Crippen molar-refractivity contribution in [1.82, 2.24) is 0 Å². The summed E-state index contributed by atoms with van der Waals surface area (Å²) < 4.78 is 4.32. The van der Waals surface area contributed by atoms with Gasteiger partial charge in [-0.25, -0.2) is 4.79 Å². The molecule has 0 aliphatic heterocycles. The van der Waals surface area contributed by atoms with E-state index in [9.17, 15) is 9.59 Å². The maximum atomic E-state index is 10.9. The first-order valence-electron chi connectivity index (χ1n) is 3.62. The summed E-state index contributed by atoms with van der Waals surface area (Å²) in [5, 5.41) is 17.6. The molecule has 0 aromatic heterocycles. The van der Waals surface area contributed by atoms with E-state index in [0.29, 0.717) is 0 Å². The Morgan fingerprint density at radius 3 is 2.23 bits per heavy atom. The summed E-state index contributed by atoms with van der Waals surface area (Å²) in [6, 6.07) is 0. The third kappa shape index (κ3) is 3.71. The van der Waals surface area contributed by atoms with Gasteiger partial charge in [-0.05, 0) is 6.92 Å². The quantitative estimate of drug-likeness (QED) is 0.367. The Labute approximate surface area is 75.6 Å². The predicted molar refractivity (Wildman–Crippen MR) is 44.1 cm³/mol. The van der Waals surface area contributed by atoms with Crippen LogP contribution in [0.25, 0.3) is 0 Å². The van der Waals surface area contributed by atoms with Crippen molar-refractivity contribution in [3.8, 4) is 0 Å². The zero-order chi connectivity index (χ0) is 10.4. The van der Waals surface area contributed by atoms with Gasteiger partial charge in [0.25, 0.3) is 0 Å². The number of hydrogen-bond acceptors (Lipinski definition) is 5. The van der Waals surface area contributed by atoms with Crippen molar-refractivity contribution < 1.29 is 24.5 Å². The van der Waals surface area contributed by atoms with Crippen molar-refractivity contribution in [1.29, 1.82) is 0 Å². The lowest BCUT2D eigenvalue weighted by molar-refractivity contribution is -0.137. The van der Waals surface area contributed by atoms with Crippen molar-refractivity contribution in [2.75, 3.05) is 13.7 Å². The maximum absolute atomic E-state index is 10.9. The molecular weight excluding hydrogens is 176 g/mol. The molecule has 0 atom stereocenters. The number of esters is 1. The summed E-state index contributed by atoms with van der Waals surface area (Å²) in [5.41, 5.74) is -0.197. The fraction of sp³-hybridized carbons (Fsp3) is 0.500. The minimum absolute atomic E-state index is 0.197. The zero-order valence-corrected chi connectivity index (χ0v) is 7.53. The number of ketones is 1. The number of aliphatic hydroxyl groups is 2. The van der Waals surface area contributed by atoms with E-state index < -0.39 is 18.3 Å². The third-order valence-corrected chi connectivity index (χ3v) is 1.36. The average molecular weight is 188 g/mol. The molecule has 0 saturated heterocycles. The molecule has 0 spiro atoms. The van der Waals surface area contributed by atoms with E-state index in [1.54, 1.807) is 0 Å². The Morgan fingerprint density at radius 1 is 1.38 bits per heavy atom. The zero-order valence-electron chi connectivity index (χ0n) is 7.53. The van der Waals surface area contributed by atoms with Crippen LogP contribution in [0.3, 0.4) is 0 Å². The lowest BCUT2D eigenvalue weighted by atomic mass is 10.1. The van der Waals surface area contributed by atoms with Gasteiger partial charge < -0.3 is 14.9 Å². The molecule has 74 valence electrons. The molecule has 0 aliphatic rings. The van der Waals surface area contributed by atoms with Gasteiger partial charge in [-0.3, -0.25) is 4.79 Å². The summed E-state index contributed by atoms with van der Waals surface area (Å²) >= 11 is 0. The molecule has 0 rings (SSSR count). The van der Waals surface area contributed by atoms with E-state index in [2.05, 4.69) is 4.74 Å². The SMILES string of the molecule is COC(=O)/C(CC(C)=O)=C(/O)CO. The number of hydrogen-bond donors (Lipinski definition) is 2. The van der Waals surface area contributed by atoms with Gasteiger partial charge in [-0.2, -0.15) is 0 Å². The Morgan fingerprint density at radius 2 is 1.92 bits per heavy atom. The summed E-state index contributed by atoms with van der Waals surface area (Å²) in [7, 11) is 1.13. The fourth-order valence-electron chi connectivity index (χ4n) is 0.760. The van der Waals surface area contributed by atoms with E-state index in [4.69, 9.17) is 10.2 Å². The van der Waals surface area contributed by atoms with Gasteiger partial charge in [0.1, 0.15) is 18.1 Å². The summed E-state index contributed by atoms with van der Waals surface area (Å²) in [4.78, 5) is 21.6. The van der Waals surface area contributed by atoms with E-state index in [-0.39, 0.29) is 17.8 Å². The molecule has 0 bridgehead atoms. The average Bonchev–Trinajstić information content (AvgIpc) is 2.11. The number of rotatable bonds is 4. The van der Waals surface area contributed by atoms with Gasteiger partial charge in [0.15, 0.2) is 0 Å². The predicted octanol–water partition coefficient (Wildman–Crippen LogP) is -0.0571. The Hall–Kier alpha value is -1.36. The Bertz CT molecular complexity index is 241. The van der Waals surface area contributed by atoms with Crippen LogP contribution < -0.4 is 0 Å². The molecule has 5 nitrogen and oxygen atoms in total. The van der Waals surface area contributed by atoms with Crippen LogP contribution in [0.2, 0.25) is 0 Å². The minimum atomic E-state index is -0.804. The van der Waals surface area contributed by atoms with Crippen LogP contribution in [0.1, 0.15) is 13.3 Å². The number of Topliss-reactive ketones (excluding diaryl/α,β-unsaturated/α-hetero) is 1. The molecule has 2 N–H and O–H groups in total. The van der Waals surface area contributed by atoms with E-state index in [1.165, 1.54) is 6.92 Å². The lowest BCUT2D eigenvalue weighted by Gasteiger charge is -2.04. The van der Waals surface area contributed by atoms with Gasteiger partial charge in [0.2, 0.25) is 0 Å². The highest BCUT2D eigenvalue weighted by molar-refractivity contribution is 5.95.